The number of nitrogens with one attached hydrogen (secondary N) is 2. The van der Waals surface area contributed by atoms with Gasteiger partial charge >= 0.3 is 11.7 Å². The number of benzene rings is 1. The standard InChI is InChI=1S/C12H11N5O4/c1-13-10-9(17(20)21)11(15-6-14-10)16-8-4-2-7(3-5-8)12(18)19/h2-6H,1H3,(H,18,19)(H2,13,14,15,16). The van der Waals surface area contributed by atoms with E-state index in [1.807, 2.05) is 0 Å². The van der Waals surface area contributed by atoms with E-state index in [1.165, 1.54) is 37.6 Å². The van der Waals surface area contributed by atoms with Crippen LogP contribution in [0, 0.1) is 10.1 Å². The topological polar surface area (TPSA) is 130 Å². The monoisotopic (exact) mass is 289 g/mol. The molecule has 0 aliphatic heterocycles. The SMILES string of the molecule is CNc1ncnc(Nc2ccc(C(=O)O)cc2)c1[N+](=O)[O-]. The highest BCUT2D eigenvalue weighted by Gasteiger charge is 2.22. The largest absolute Gasteiger partial charge is 0.478 e. The molecule has 9 heteroatoms. The molecule has 0 saturated carbocycles. The van der Waals surface area contributed by atoms with Crippen LogP contribution in [0.3, 0.4) is 0 Å². The maximum atomic E-state index is 11.1. The lowest BCUT2D eigenvalue weighted by Gasteiger charge is -2.08. The summed E-state index contributed by atoms with van der Waals surface area (Å²) in [5, 5.41) is 25.3. The van der Waals surface area contributed by atoms with E-state index in [0.717, 1.165) is 0 Å². The van der Waals surface area contributed by atoms with Gasteiger partial charge in [0, 0.05) is 12.7 Å². The molecule has 0 aliphatic carbocycles. The number of anilines is 3. The van der Waals surface area contributed by atoms with Gasteiger partial charge in [0.25, 0.3) is 0 Å². The highest BCUT2D eigenvalue weighted by molar-refractivity contribution is 5.88. The minimum atomic E-state index is -1.05. The minimum Gasteiger partial charge on any atom is -0.478 e. The van der Waals surface area contributed by atoms with Crippen molar-refractivity contribution in [2.24, 2.45) is 0 Å². The second kappa shape index (κ2) is 5.82. The van der Waals surface area contributed by atoms with E-state index < -0.39 is 10.9 Å². The van der Waals surface area contributed by atoms with Crippen molar-refractivity contribution in [2.75, 3.05) is 17.7 Å². The number of carboxylic acids is 1. The number of carboxylic acid groups (broad SMARTS) is 1. The van der Waals surface area contributed by atoms with Gasteiger partial charge in [-0.1, -0.05) is 0 Å². The molecule has 0 fully saturated rings. The molecule has 0 unspecified atom stereocenters. The van der Waals surface area contributed by atoms with Crippen LogP contribution in [0.1, 0.15) is 10.4 Å². The molecule has 0 saturated heterocycles. The Balaban J connectivity index is 2.35. The minimum absolute atomic E-state index is 0.0161. The molecule has 1 aromatic carbocycles. The Hall–Kier alpha value is -3.23. The molecular formula is C12H11N5O4. The van der Waals surface area contributed by atoms with Crippen molar-refractivity contribution in [3.8, 4) is 0 Å². The number of aromatic nitrogens is 2. The first-order valence-electron chi connectivity index (χ1n) is 5.80. The first-order chi connectivity index (χ1) is 10.0. The van der Waals surface area contributed by atoms with Crippen LogP contribution in [0.5, 0.6) is 0 Å². The second-order valence-electron chi connectivity index (χ2n) is 3.93. The van der Waals surface area contributed by atoms with Crippen molar-refractivity contribution >= 4 is 29.0 Å². The van der Waals surface area contributed by atoms with Crippen LogP contribution < -0.4 is 10.6 Å². The summed E-state index contributed by atoms with van der Waals surface area (Å²) in [5.74, 6) is -0.950. The first kappa shape index (κ1) is 14.2. The zero-order chi connectivity index (χ0) is 15.4. The summed E-state index contributed by atoms with van der Waals surface area (Å²) in [4.78, 5) is 28.9. The number of hydrogen-bond donors (Lipinski definition) is 3. The molecule has 0 atom stereocenters. The van der Waals surface area contributed by atoms with E-state index in [1.54, 1.807) is 0 Å². The van der Waals surface area contributed by atoms with Crippen molar-refractivity contribution in [3.63, 3.8) is 0 Å². The fraction of sp³-hybridized carbons (Fsp3) is 0.0833. The molecule has 0 bridgehead atoms. The number of aromatic carboxylic acids is 1. The highest BCUT2D eigenvalue weighted by Crippen LogP contribution is 2.30. The summed E-state index contributed by atoms with van der Waals surface area (Å²) >= 11 is 0. The molecule has 0 amide bonds. The number of carbonyl (C=O) groups is 1. The van der Waals surface area contributed by atoms with E-state index in [9.17, 15) is 14.9 Å². The van der Waals surface area contributed by atoms with Gasteiger partial charge in [-0.05, 0) is 24.3 Å². The Morgan fingerprint density at radius 1 is 1.24 bits per heavy atom. The fourth-order valence-electron chi connectivity index (χ4n) is 1.66. The Morgan fingerprint density at radius 2 is 1.86 bits per heavy atom. The summed E-state index contributed by atoms with van der Waals surface area (Å²) in [7, 11) is 1.51. The summed E-state index contributed by atoms with van der Waals surface area (Å²) < 4.78 is 0. The van der Waals surface area contributed by atoms with Crippen LogP contribution in [0.15, 0.2) is 30.6 Å². The number of nitro groups is 1. The molecule has 1 heterocycles. The third-order valence-electron chi connectivity index (χ3n) is 2.64. The van der Waals surface area contributed by atoms with Crippen molar-refractivity contribution in [3.05, 3.63) is 46.3 Å². The van der Waals surface area contributed by atoms with Crippen molar-refractivity contribution in [2.45, 2.75) is 0 Å². The Kier molecular flexibility index (Phi) is 3.93. The summed E-state index contributed by atoms with van der Waals surface area (Å²) in [6.45, 7) is 0. The second-order valence-corrected chi connectivity index (χ2v) is 3.93. The smallest absolute Gasteiger partial charge is 0.353 e. The van der Waals surface area contributed by atoms with Crippen LogP contribution in [0.4, 0.5) is 23.0 Å². The molecular weight excluding hydrogens is 278 g/mol. The lowest BCUT2D eigenvalue weighted by molar-refractivity contribution is -0.383. The van der Waals surface area contributed by atoms with E-state index >= 15 is 0 Å². The predicted molar refractivity (Wildman–Crippen MR) is 74.9 cm³/mol. The van der Waals surface area contributed by atoms with Crippen LogP contribution >= 0.6 is 0 Å². The molecule has 0 spiro atoms. The molecule has 0 aliphatic rings. The van der Waals surface area contributed by atoms with E-state index in [4.69, 9.17) is 5.11 Å². The van der Waals surface area contributed by atoms with Gasteiger partial charge in [0.15, 0.2) is 0 Å². The van der Waals surface area contributed by atoms with Crippen LogP contribution in [0.25, 0.3) is 0 Å². The van der Waals surface area contributed by atoms with Gasteiger partial charge in [-0.15, -0.1) is 0 Å². The van der Waals surface area contributed by atoms with Gasteiger partial charge in [-0.2, -0.15) is 0 Å². The van der Waals surface area contributed by atoms with E-state index in [-0.39, 0.29) is 22.9 Å². The molecule has 108 valence electrons. The zero-order valence-corrected chi connectivity index (χ0v) is 10.9. The average molecular weight is 289 g/mol. The Bertz CT molecular complexity index is 687. The first-order valence-corrected chi connectivity index (χ1v) is 5.80. The Morgan fingerprint density at radius 3 is 2.38 bits per heavy atom. The summed E-state index contributed by atoms with van der Waals surface area (Å²) in [5.41, 5.74) is 0.305. The maximum Gasteiger partial charge on any atom is 0.353 e. The highest BCUT2D eigenvalue weighted by atomic mass is 16.6. The number of nitrogens with zero attached hydrogens (tertiary/aromatic N) is 3. The Labute approximate surface area is 118 Å². The van der Waals surface area contributed by atoms with Crippen molar-refractivity contribution in [1.82, 2.24) is 9.97 Å². The molecule has 1 aromatic heterocycles. The molecule has 21 heavy (non-hydrogen) atoms. The van der Waals surface area contributed by atoms with E-state index in [2.05, 4.69) is 20.6 Å². The molecule has 0 radical (unpaired) electrons. The molecule has 3 N–H and O–H groups in total. The normalized spacial score (nSPS) is 9.95. The lowest BCUT2D eigenvalue weighted by atomic mass is 10.2. The summed E-state index contributed by atoms with van der Waals surface area (Å²) in [6, 6.07) is 5.76. The number of rotatable bonds is 5. The lowest BCUT2D eigenvalue weighted by Crippen LogP contribution is -2.05. The third kappa shape index (κ3) is 3.03. The van der Waals surface area contributed by atoms with Crippen molar-refractivity contribution in [1.29, 1.82) is 0 Å². The quantitative estimate of drug-likeness (QED) is 0.561. The third-order valence-corrected chi connectivity index (χ3v) is 2.64. The van der Waals surface area contributed by atoms with Crippen LogP contribution in [-0.4, -0.2) is 33.0 Å². The van der Waals surface area contributed by atoms with Gasteiger partial charge in [-0.25, -0.2) is 14.8 Å². The predicted octanol–water partition coefficient (Wildman–Crippen LogP) is 1.87. The van der Waals surface area contributed by atoms with Gasteiger partial charge in [0.1, 0.15) is 6.33 Å². The van der Waals surface area contributed by atoms with Gasteiger partial charge in [-0.3, -0.25) is 10.1 Å². The zero-order valence-electron chi connectivity index (χ0n) is 10.9. The van der Waals surface area contributed by atoms with Gasteiger partial charge < -0.3 is 15.7 Å². The van der Waals surface area contributed by atoms with Crippen LogP contribution in [0.2, 0.25) is 0 Å². The van der Waals surface area contributed by atoms with E-state index in [0.29, 0.717) is 5.69 Å². The van der Waals surface area contributed by atoms with Crippen molar-refractivity contribution < 1.29 is 14.8 Å². The van der Waals surface area contributed by atoms with Gasteiger partial charge in [0.05, 0.1) is 10.5 Å². The average Bonchev–Trinajstić information content (AvgIpc) is 2.47. The maximum absolute atomic E-state index is 11.1. The number of hydrogen-bond acceptors (Lipinski definition) is 7. The molecule has 9 nitrogen and oxygen atoms in total. The molecule has 2 aromatic rings. The summed E-state index contributed by atoms with van der Waals surface area (Å²) in [6.07, 6.45) is 1.19. The molecule has 2 rings (SSSR count). The fourth-order valence-corrected chi connectivity index (χ4v) is 1.66. The van der Waals surface area contributed by atoms with Crippen LogP contribution in [-0.2, 0) is 0 Å². The van der Waals surface area contributed by atoms with Gasteiger partial charge in [0.2, 0.25) is 11.6 Å².